The Hall–Kier alpha value is -1.56. The zero-order valence-corrected chi connectivity index (χ0v) is 14.5. The Morgan fingerprint density at radius 2 is 1.67 bits per heavy atom. The molecule has 0 unspecified atom stereocenters. The Morgan fingerprint density at radius 3 is 2.05 bits per heavy atom. The van der Waals surface area contributed by atoms with Gasteiger partial charge in [-0.1, -0.05) is 36.7 Å². The summed E-state index contributed by atoms with van der Waals surface area (Å²) in [5.41, 5.74) is 2.05. The molecule has 0 spiro atoms. The van der Waals surface area contributed by atoms with Gasteiger partial charge in [0, 0.05) is 10.2 Å². The number of nitrogens with one attached hydrogen (secondary N) is 2. The van der Waals surface area contributed by atoms with E-state index < -0.39 is 23.5 Å². The number of anilines is 1. The van der Waals surface area contributed by atoms with Crippen LogP contribution in [0.25, 0.3) is 0 Å². The van der Waals surface area contributed by atoms with Crippen molar-refractivity contribution in [2.24, 2.45) is 5.41 Å². The smallest absolute Gasteiger partial charge is 0.326 e. The molecule has 0 aliphatic rings. The normalized spacial score (nSPS) is 12.7. The molecule has 0 aliphatic heterocycles. The van der Waals surface area contributed by atoms with E-state index in [-0.39, 0.29) is 0 Å². The number of hydrogen-bond acceptors (Lipinski definition) is 2. The van der Waals surface area contributed by atoms with Gasteiger partial charge in [-0.25, -0.2) is 9.59 Å². The second kappa shape index (κ2) is 6.47. The van der Waals surface area contributed by atoms with Crippen LogP contribution in [0.3, 0.4) is 0 Å². The van der Waals surface area contributed by atoms with Gasteiger partial charge in [0.1, 0.15) is 6.04 Å². The molecular weight excluding hydrogens is 336 g/mol. The molecule has 0 aliphatic carbocycles. The zero-order valence-electron chi connectivity index (χ0n) is 12.9. The molecule has 0 saturated heterocycles. The molecule has 0 saturated carbocycles. The molecule has 0 heterocycles. The Bertz CT molecular complexity index is 542. The van der Waals surface area contributed by atoms with Crippen molar-refractivity contribution in [3.8, 4) is 0 Å². The molecule has 6 heteroatoms. The molecule has 21 heavy (non-hydrogen) atoms. The topological polar surface area (TPSA) is 78.4 Å². The first-order valence-electron chi connectivity index (χ1n) is 6.59. The van der Waals surface area contributed by atoms with Gasteiger partial charge >= 0.3 is 12.0 Å². The van der Waals surface area contributed by atoms with Crippen molar-refractivity contribution in [1.29, 1.82) is 0 Å². The van der Waals surface area contributed by atoms with Gasteiger partial charge in [-0.3, -0.25) is 0 Å². The summed E-state index contributed by atoms with van der Waals surface area (Å²) >= 11 is 3.46. The summed E-state index contributed by atoms with van der Waals surface area (Å²) in [7, 11) is 0. The van der Waals surface area contributed by atoms with Gasteiger partial charge in [0.25, 0.3) is 0 Å². The molecule has 5 nitrogen and oxygen atoms in total. The van der Waals surface area contributed by atoms with E-state index in [1.807, 2.05) is 26.0 Å². The Labute approximate surface area is 133 Å². The Morgan fingerprint density at radius 1 is 1.19 bits per heavy atom. The second-order valence-corrected chi connectivity index (χ2v) is 6.95. The van der Waals surface area contributed by atoms with Crippen molar-refractivity contribution in [2.45, 2.75) is 40.7 Å². The molecule has 0 bridgehead atoms. The highest BCUT2D eigenvalue weighted by atomic mass is 79.9. The molecule has 0 fully saturated rings. The minimum Gasteiger partial charge on any atom is -0.480 e. The Balaban J connectivity index is 2.85. The fraction of sp³-hybridized carbons (Fsp3) is 0.467. The van der Waals surface area contributed by atoms with Crippen LogP contribution in [0.4, 0.5) is 10.5 Å². The summed E-state index contributed by atoms with van der Waals surface area (Å²) in [6.45, 7) is 9.14. The Kier molecular flexibility index (Phi) is 5.39. The highest BCUT2D eigenvalue weighted by Crippen LogP contribution is 2.25. The van der Waals surface area contributed by atoms with Gasteiger partial charge in [-0.15, -0.1) is 0 Å². The van der Waals surface area contributed by atoms with E-state index in [1.165, 1.54) is 0 Å². The number of carboxylic acid groups (broad SMARTS) is 1. The van der Waals surface area contributed by atoms with Crippen molar-refractivity contribution < 1.29 is 14.7 Å². The summed E-state index contributed by atoms with van der Waals surface area (Å²) in [6, 6.07) is 2.15. The molecule has 1 aromatic rings. The van der Waals surface area contributed by atoms with E-state index in [9.17, 15) is 14.7 Å². The number of carboxylic acids is 1. The van der Waals surface area contributed by atoms with E-state index in [1.54, 1.807) is 20.8 Å². The van der Waals surface area contributed by atoms with Crippen LogP contribution in [0.2, 0.25) is 0 Å². The predicted molar refractivity (Wildman–Crippen MR) is 86.6 cm³/mol. The number of carbonyl (C=O) groups excluding carboxylic acids is 1. The lowest BCUT2D eigenvalue weighted by molar-refractivity contribution is -0.141. The van der Waals surface area contributed by atoms with Crippen LogP contribution in [-0.2, 0) is 4.79 Å². The van der Waals surface area contributed by atoms with Crippen molar-refractivity contribution in [3.05, 3.63) is 27.7 Å². The van der Waals surface area contributed by atoms with Crippen molar-refractivity contribution >= 4 is 33.6 Å². The van der Waals surface area contributed by atoms with Gasteiger partial charge < -0.3 is 15.7 Å². The first-order chi connectivity index (χ1) is 9.52. The van der Waals surface area contributed by atoms with Gasteiger partial charge in [0.2, 0.25) is 0 Å². The maximum atomic E-state index is 12.0. The maximum Gasteiger partial charge on any atom is 0.326 e. The third kappa shape index (κ3) is 4.74. The van der Waals surface area contributed by atoms with Crippen LogP contribution in [-0.4, -0.2) is 23.1 Å². The second-order valence-electron chi connectivity index (χ2n) is 6.16. The largest absolute Gasteiger partial charge is 0.480 e. The number of carbonyl (C=O) groups is 2. The highest BCUT2D eigenvalue weighted by Gasteiger charge is 2.32. The van der Waals surface area contributed by atoms with Gasteiger partial charge in [0.15, 0.2) is 0 Å². The number of rotatable bonds is 3. The fourth-order valence-corrected chi connectivity index (χ4v) is 2.19. The molecule has 1 atom stereocenters. The first-order valence-corrected chi connectivity index (χ1v) is 7.38. The van der Waals surface area contributed by atoms with E-state index in [4.69, 9.17) is 0 Å². The van der Waals surface area contributed by atoms with Crippen molar-refractivity contribution in [1.82, 2.24) is 5.32 Å². The third-order valence-corrected chi connectivity index (χ3v) is 4.33. The number of benzene rings is 1. The van der Waals surface area contributed by atoms with E-state index >= 15 is 0 Å². The van der Waals surface area contributed by atoms with E-state index in [0.717, 1.165) is 15.6 Å². The minimum absolute atomic E-state index is 0.529. The van der Waals surface area contributed by atoms with Crippen LogP contribution >= 0.6 is 15.9 Å². The van der Waals surface area contributed by atoms with Crippen LogP contribution in [0, 0.1) is 19.3 Å². The summed E-state index contributed by atoms with van der Waals surface area (Å²) in [5, 5.41) is 14.4. The van der Waals surface area contributed by atoms with Gasteiger partial charge in [0.05, 0.1) is 0 Å². The van der Waals surface area contributed by atoms with Gasteiger partial charge in [-0.05, 0) is 42.5 Å². The molecule has 2 amide bonds. The van der Waals surface area contributed by atoms with Crippen LogP contribution < -0.4 is 10.6 Å². The number of amides is 2. The SMILES string of the molecule is Cc1cc(NC(=O)N[C@H](C(=O)O)C(C)(C)C)cc(C)c1Br. The molecule has 1 aromatic carbocycles. The van der Waals surface area contributed by atoms with Crippen molar-refractivity contribution in [3.63, 3.8) is 0 Å². The maximum absolute atomic E-state index is 12.0. The summed E-state index contributed by atoms with van der Waals surface area (Å²) in [5.74, 6) is -1.05. The zero-order chi connectivity index (χ0) is 16.4. The number of aryl methyl sites for hydroxylation is 2. The van der Waals surface area contributed by atoms with Crippen LogP contribution in [0.15, 0.2) is 16.6 Å². The molecule has 116 valence electrons. The van der Waals surface area contributed by atoms with Crippen LogP contribution in [0.1, 0.15) is 31.9 Å². The monoisotopic (exact) mass is 356 g/mol. The molecule has 3 N–H and O–H groups in total. The van der Waals surface area contributed by atoms with E-state index in [0.29, 0.717) is 5.69 Å². The molecule has 0 radical (unpaired) electrons. The summed E-state index contributed by atoms with van der Waals surface area (Å²) in [4.78, 5) is 23.2. The number of urea groups is 1. The lowest BCUT2D eigenvalue weighted by Gasteiger charge is -2.27. The third-order valence-electron chi connectivity index (χ3n) is 3.08. The highest BCUT2D eigenvalue weighted by molar-refractivity contribution is 9.10. The minimum atomic E-state index is -1.05. The predicted octanol–water partition coefficient (Wildman–Crippen LogP) is 3.69. The lowest BCUT2D eigenvalue weighted by atomic mass is 9.87. The molecular formula is C15H21BrN2O3. The molecule has 0 aromatic heterocycles. The number of aliphatic carboxylic acids is 1. The standard InChI is InChI=1S/C15H21BrN2O3/c1-8-6-10(7-9(2)11(8)16)17-14(21)18-12(13(19)20)15(3,4)5/h6-7,12H,1-5H3,(H,19,20)(H2,17,18,21)/t12-/m1/s1. The first kappa shape index (κ1) is 17.5. The van der Waals surface area contributed by atoms with Crippen molar-refractivity contribution in [2.75, 3.05) is 5.32 Å². The lowest BCUT2D eigenvalue weighted by Crippen LogP contribution is -2.50. The van der Waals surface area contributed by atoms with Gasteiger partial charge in [-0.2, -0.15) is 0 Å². The number of halogens is 1. The molecule has 1 rings (SSSR count). The van der Waals surface area contributed by atoms with E-state index in [2.05, 4.69) is 26.6 Å². The average molecular weight is 357 g/mol. The average Bonchev–Trinajstić information content (AvgIpc) is 2.31. The number of hydrogen-bond donors (Lipinski definition) is 3. The summed E-state index contributed by atoms with van der Waals surface area (Å²) in [6.07, 6.45) is 0. The quantitative estimate of drug-likeness (QED) is 0.772. The summed E-state index contributed by atoms with van der Waals surface area (Å²) < 4.78 is 0.992. The fourth-order valence-electron chi connectivity index (χ4n) is 1.97. The van der Waals surface area contributed by atoms with Crippen LogP contribution in [0.5, 0.6) is 0 Å².